The van der Waals surface area contributed by atoms with Crippen molar-refractivity contribution in [3.05, 3.63) is 11.3 Å². The Hall–Kier alpha value is -1.14. The van der Waals surface area contributed by atoms with Gasteiger partial charge in [0.2, 0.25) is 0 Å². The summed E-state index contributed by atoms with van der Waals surface area (Å²) in [5.74, 6) is 0.936. The molecular formula is C11H20N4OS. The molecule has 0 saturated carbocycles. The third-order valence-electron chi connectivity index (χ3n) is 2.71. The van der Waals surface area contributed by atoms with Gasteiger partial charge in [0.05, 0.1) is 11.3 Å². The van der Waals surface area contributed by atoms with E-state index in [0.29, 0.717) is 4.99 Å². The van der Waals surface area contributed by atoms with Crippen molar-refractivity contribution in [2.24, 2.45) is 12.8 Å². The van der Waals surface area contributed by atoms with Crippen LogP contribution < -0.4 is 10.6 Å². The monoisotopic (exact) mass is 256 g/mol. The molecule has 0 radical (unpaired) electrons. The van der Waals surface area contributed by atoms with E-state index in [9.17, 15) is 0 Å². The van der Waals surface area contributed by atoms with Crippen LogP contribution in [0, 0.1) is 6.92 Å². The van der Waals surface area contributed by atoms with Crippen molar-refractivity contribution in [2.45, 2.75) is 20.3 Å². The van der Waals surface area contributed by atoms with Gasteiger partial charge in [-0.05, 0) is 20.3 Å². The highest BCUT2D eigenvalue weighted by molar-refractivity contribution is 7.80. The Morgan fingerprint density at radius 2 is 2.24 bits per heavy atom. The van der Waals surface area contributed by atoms with Crippen LogP contribution in [-0.4, -0.2) is 39.6 Å². The first-order valence-electron chi connectivity index (χ1n) is 5.72. The van der Waals surface area contributed by atoms with Gasteiger partial charge < -0.3 is 15.7 Å². The minimum Gasteiger partial charge on any atom is -0.396 e. The largest absolute Gasteiger partial charge is 0.396 e. The smallest absolute Gasteiger partial charge is 0.137 e. The van der Waals surface area contributed by atoms with Crippen LogP contribution in [0.15, 0.2) is 0 Å². The number of nitrogens with two attached hydrogens (primary N) is 1. The summed E-state index contributed by atoms with van der Waals surface area (Å²) in [6, 6.07) is 0. The fourth-order valence-corrected chi connectivity index (χ4v) is 2.21. The van der Waals surface area contributed by atoms with E-state index >= 15 is 0 Å². The molecule has 1 rings (SSSR count). The molecule has 0 bridgehead atoms. The summed E-state index contributed by atoms with van der Waals surface area (Å²) in [7, 11) is 1.88. The van der Waals surface area contributed by atoms with Crippen LogP contribution in [0.4, 0.5) is 5.82 Å². The van der Waals surface area contributed by atoms with Gasteiger partial charge in [0, 0.05) is 26.7 Å². The van der Waals surface area contributed by atoms with Gasteiger partial charge >= 0.3 is 0 Å². The Bertz CT molecular complexity index is 402. The number of aliphatic hydroxyl groups is 1. The highest BCUT2D eigenvalue weighted by Gasteiger charge is 2.19. The zero-order valence-electron chi connectivity index (χ0n) is 10.6. The predicted molar refractivity (Wildman–Crippen MR) is 73.4 cm³/mol. The van der Waals surface area contributed by atoms with Crippen LogP contribution >= 0.6 is 12.2 Å². The molecule has 5 nitrogen and oxygen atoms in total. The van der Waals surface area contributed by atoms with Crippen molar-refractivity contribution in [1.82, 2.24) is 9.78 Å². The SMILES string of the molecule is CCN(CCCO)c1c(C(N)=S)c(C)nn1C. The molecule has 0 spiro atoms. The fraction of sp³-hybridized carbons (Fsp3) is 0.636. The van der Waals surface area contributed by atoms with Crippen LogP contribution in [0.2, 0.25) is 0 Å². The molecule has 0 aliphatic carbocycles. The molecule has 0 fully saturated rings. The molecule has 0 atom stereocenters. The van der Waals surface area contributed by atoms with Gasteiger partial charge in [-0.25, -0.2) is 0 Å². The number of aryl methyl sites for hydroxylation is 2. The van der Waals surface area contributed by atoms with E-state index in [-0.39, 0.29) is 6.61 Å². The van der Waals surface area contributed by atoms with E-state index in [1.807, 2.05) is 14.0 Å². The van der Waals surface area contributed by atoms with Gasteiger partial charge in [-0.15, -0.1) is 0 Å². The number of thiocarbonyl (C=S) groups is 1. The van der Waals surface area contributed by atoms with Crippen molar-refractivity contribution in [2.75, 3.05) is 24.6 Å². The van der Waals surface area contributed by atoms with E-state index in [4.69, 9.17) is 23.1 Å². The van der Waals surface area contributed by atoms with E-state index in [2.05, 4.69) is 16.9 Å². The second kappa shape index (κ2) is 5.97. The van der Waals surface area contributed by atoms with Crippen LogP contribution in [0.1, 0.15) is 24.6 Å². The quantitative estimate of drug-likeness (QED) is 0.728. The van der Waals surface area contributed by atoms with Crippen molar-refractivity contribution < 1.29 is 5.11 Å². The van der Waals surface area contributed by atoms with Crippen LogP contribution in [0.5, 0.6) is 0 Å². The summed E-state index contributed by atoms with van der Waals surface area (Å²) in [4.78, 5) is 2.50. The third-order valence-corrected chi connectivity index (χ3v) is 2.91. The molecule has 1 aromatic rings. The molecule has 0 amide bonds. The second-order valence-electron chi connectivity index (χ2n) is 3.93. The Labute approximate surface area is 107 Å². The van der Waals surface area contributed by atoms with Gasteiger partial charge in [-0.3, -0.25) is 4.68 Å². The molecule has 0 aromatic carbocycles. The minimum absolute atomic E-state index is 0.176. The zero-order valence-corrected chi connectivity index (χ0v) is 11.4. The van der Waals surface area contributed by atoms with Crippen LogP contribution in [0.3, 0.4) is 0 Å². The standard InChI is InChI=1S/C11H20N4OS/c1-4-15(6-5-7-16)11-9(10(12)17)8(2)13-14(11)3/h16H,4-7H2,1-3H3,(H2,12,17). The first-order valence-corrected chi connectivity index (χ1v) is 6.12. The van der Waals surface area contributed by atoms with Gasteiger partial charge in [0.25, 0.3) is 0 Å². The Morgan fingerprint density at radius 3 is 2.71 bits per heavy atom. The summed E-state index contributed by atoms with van der Waals surface area (Å²) < 4.78 is 1.80. The number of hydrogen-bond donors (Lipinski definition) is 2. The number of anilines is 1. The van der Waals surface area contributed by atoms with E-state index < -0.39 is 0 Å². The predicted octanol–water partition coefficient (Wildman–Crippen LogP) is 0.571. The van der Waals surface area contributed by atoms with Crippen molar-refractivity contribution in [3.63, 3.8) is 0 Å². The molecule has 0 saturated heterocycles. The maximum atomic E-state index is 8.91. The Kier molecular flexibility index (Phi) is 4.89. The molecular weight excluding hydrogens is 236 g/mol. The summed E-state index contributed by atoms with van der Waals surface area (Å²) in [5.41, 5.74) is 7.43. The molecule has 17 heavy (non-hydrogen) atoms. The van der Waals surface area contributed by atoms with Gasteiger partial charge in [-0.2, -0.15) is 5.10 Å². The molecule has 6 heteroatoms. The number of hydrogen-bond acceptors (Lipinski definition) is 4. The van der Waals surface area contributed by atoms with Crippen molar-refractivity contribution in [3.8, 4) is 0 Å². The summed E-state index contributed by atoms with van der Waals surface area (Å²) in [6.45, 7) is 5.73. The number of aliphatic hydroxyl groups excluding tert-OH is 1. The lowest BCUT2D eigenvalue weighted by molar-refractivity contribution is 0.289. The molecule has 96 valence electrons. The van der Waals surface area contributed by atoms with E-state index in [1.54, 1.807) is 4.68 Å². The average molecular weight is 256 g/mol. The lowest BCUT2D eigenvalue weighted by Crippen LogP contribution is -2.29. The molecule has 0 aliphatic heterocycles. The number of rotatable bonds is 6. The third kappa shape index (κ3) is 2.95. The van der Waals surface area contributed by atoms with Crippen molar-refractivity contribution >= 4 is 23.0 Å². The topological polar surface area (TPSA) is 67.3 Å². The van der Waals surface area contributed by atoms with E-state index in [0.717, 1.165) is 36.6 Å². The molecule has 3 N–H and O–H groups in total. The molecule has 1 aromatic heterocycles. The maximum Gasteiger partial charge on any atom is 0.137 e. The zero-order chi connectivity index (χ0) is 13.0. The lowest BCUT2D eigenvalue weighted by atomic mass is 10.2. The normalized spacial score (nSPS) is 10.6. The fourth-order valence-electron chi connectivity index (χ4n) is 1.97. The summed E-state index contributed by atoms with van der Waals surface area (Å²) in [6.07, 6.45) is 0.717. The van der Waals surface area contributed by atoms with Crippen LogP contribution in [-0.2, 0) is 7.05 Å². The number of nitrogens with zero attached hydrogens (tertiary/aromatic N) is 3. The minimum atomic E-state index is 0.176. The Balaban J connectivity index is 3.13. The molecule has 0 unspecified atom stereocenters. The number of aromatic nitrogens is 2. The average Bonchev–Trinajstić information content (AvgIpc) is 2.55. The second-order valence-corrected chi connectivity index (χ2v) is 4.37. The van der Waals surface area contributed by atoms with Crippen LogP contribution in [0.25, 0.3) is 0 Å². The van der Waals surface area contributed by atoms with Crippen molar-refractivity contribution in [1.29, 1.82) is 0 Å². The summed E-state index contributed by atoms with van der Waals surface area (Å²) >= 11 is 5.08. The van der Waals surface area contributed by atoms with E-state index in [1.165, 1.54) is 0 Å². The summed E-state index contributed by atoms with van der Waals surface area (Å²) in [5, 5.41) is 13.3. The molecule has 1 heterocycles. The van der Waals surface area contributed by atoms with Gasteiger partial charge in [0.15, 0.2) is 0 Å². The van der Waals surface area contributed by atoms with Gasteiger partial charge in [-0.1, -0.05) is 12.2 Å². The maximum absolute atomic E-state index is 8.91. The lowest BCUT2D eigenvalue weighted by Gasteiger charge is -2.23. The highest BCUT2D eigenvalue weighted by Crippen LogP contribution is 2.23. The highest BCUT2D eigenvalue weighted by atomic mass is 32.1. The first kappa shape index (κ1) is 13.9. The first-order chi connectivity index (χ1) is 8.02. The Morgan fingerprint density at radius 1 is 1.59 bits per heavy atom. The molecule has 0 aliphatic rings. The van der Waals surface area contributed by atoms with Gasteiger partial charge in [0.1, 0.15) is 10.8 Å².